The van der Waals surface area contributed by atoms with Crippen molar-refractivity contribution in [2.24, 2.45) is 0 Å². The lowest BCUT2D eigenvalue weighted by Crippen LogP contribution is -1.96. The Balaban J connectivity index is 2.73. The highest BCUT2D eigenvalue weighted by atomic mass is 16.5. The number of hydrogen-bond acceptors (Lipinski definition) is 3. The zero-order chi connectivity index (χ0) is 12.7. The molecule has 0 heterocycles. The highest BCUT2D eigenvalue weighted by Crippen LogP contribution is 2.18. The maximum Gasteiger partial charge on any atom is 0.330 e. The lowest BCUT2D eigenvalue weighted by molar-refractivity contribution is -0.134. The minimum absolute atomic E-state index is 0.339. The second kappa shape index (κ2) is 6.74. The molecule has 1 aromatic carbocycles. The third-order valence-corrected chi connectivity index (χ3v) is 2.32. The molecule has 0 saturated heterocycles. The summed E-state index contributed by atoms with van der Waals surface area (Å²) < 4.78 is 10.1. The molecule has 3 heteroatoms. The molecule has 92 valence electrons. The minimum Gasteiger partial charge on any atom is -0.494 e. The highest BCUT2D eigenvalue weighted by molar-refractivity contribution is 5.90. The van der Waals surface area contributed by atoms with Gasteiger partial charge in [-0.25, -0.2) is 4.79 Å². The lowest BCUT2D eigenvalue weighted by Gasteiger charge is -2.06. The summed E-state index contributed by atoms with van der Waals surface area (Å²) in [5, 5.41) is 0. The zero-order valence-corrected chi connectivity index (χ0v) is 10.5. The molecule has 1 aromatic rings. The van der Waals surface area contributed by atoms with Crippen LogP contribution in [0.4, 0.5) is 0 Å². The smallest absolute Gasteiger partial charge is 0.330 e. The average Bonchev–Trinajstić information content (AvgIpc) is 2.36. The van der Waals surface area contributed by atoms with Crippen molar-refractivity contribution in [1.29, 1.82) is 0 Å². The van der Waals surface area contributed by atoms with E-state index in [-0.39, 0.29) is 5.97 Å². The summed E-state index contributed by atoms with van der Waals surface area (Å²) in [5.41, 5.74) is 1.86. The largest absolute Gasteiger partial charge is 0.494 e. The van der Waals surface area contributed by atoms with Crippen LogP contribution < -0.4 is 4.74 Å². The Morgan fingerprint density at radius 1 is 1.29 bits per heavy atom. The van der Waals surface area contributed by atoms with Gasteiger partial charge in [-0.1, -0.05) is 19.1 Å². The summed E-state index contributed by atoms with van der Waals surface area (Å²) >= 11 is 0. The molecule has 0 fully saturated rings. The second-order valence-corrected chi connectivity index (χ2v) is 3.72. The number of allylic oxidation sites excluding steroid dienone is 1. The summed E-state index contributed by atoms with van der Waals surface area (Å²) in [7, 11) is 1.37. The van der Waals surface area contributed by atoms with Crippen LogP contribution in [-0.4, -0.2) is 19.7 Å². The number of benzene rings is 1. The molecule has 0 aliphatic carbocycles. The molecule has 0 bridgehead atoms. The van der Waals surface area contributed by atoms with Gasteiger partial charge in [0.05, 0.1) is 13.7 Å². The van der Waals surface area contributed by atoms with Gasteiger partial charge in [0, 0.05) is 6.08 Å². The molecule has 17 heavy (non-hydrogen) atoms. The third kappa shape index (κ3) is 4.31. The molecular formula is C14H18O3. The third-order valence-electron chi connectivity index (χ3n) is 2.32. The Labute approximate surface area is 102 Å². The van der Waals surface area contributed by atoms with E-state index in [0.717, 1.165) is 29.9 Å². The summed E-state index contributed by atoms with van der Waals surface area (Å²) in [6.07, 6.45) is 2.46. The molecule has 0 aliphatic heterocycles. The lowest BCUT2D eigenvalue weighted by atomic mass is 10.1. The van der Waals surface area contributed by atoms with E-state index in [1.807, 2.05) is 31.2 Å². The van der Waals surface area contributed by atoms with Gasteiger partial charge in [0.25, 0.3) is 0 Å². The predicted molar refractivity (Wildman–Crippen MR) is 67.9 cm³/mol. The number of rotatable bonds is 5. The first-order chi connectivity index (χ1) is 8.17. The molecule has 0 N–H and O–H groups in total. The summed E-state index contributed by atoms with van der Waals surface area (Å²) in [5.74, 6) is 0.510. The first-order valence-corrected chi connectivity index (χ1v) is 5.67. The van der Waals surface area contributed by atoms with Crippen LogP contribution in [0.3, 0.4) is 0 Å². The zero-order valence-electron chi connectivity index (χ0n) is 10.5. The van der Waals surface area contributed by atoms with Crippen LogP contribution >= 0.6 is 0 Å². The van der Waals surface area contributed by atoms with Crippen LogP contribution in [0.2, 0.25) is 0 Å². The fourth-order valence-electron chi connectivity index (χ4n) is 1.35. The second-order valence-electron chi connectivity index (χ2n) is 3.72. The Bertz CT molecular complexity index is 390. The van der Waals surface area contributed by atoms with Crippen molar-refractivity contribution in [3.8, 4) is 5.75 Å². The molecule has 0 aliphatic rings. The predicted octanol–water partition coefficient (Wildman–Crippen LogP) is 3.05. The summed E-state index contributed by atoms with van der Waals surface area (Å²) in [6, 6.07) is 7.67. The van der Waals surface area contributed by atoms with E-state index >= 15 is 0 Å². The topological polar surface area (TPSA) is 35.5 Å². The van der Waals surface area contributed by atoms with Crippen molar-refractivity contribution in [2.45, 2.75) is 20.3 Å². The Morgan fingerprint density at radius 3 is 2.47 bits per heavy atom. The normalized spacial score (nSPS) is 11.1. The van der Waals surface area contributed by atoms with E-state index in [1.54, 1.807) is 0 Å². The fraction of sp³-hybridized carbons (Fsp3) is 0.357. The first-order valence-electron chi connectivity index (χ1n) is 5.67. The van der Waals surface area contributed by atoms with Crippen molar-refractivity contribution in [1.82, 2.24) is 0 Å². The van der Waals surface area contributed by atoms with Crippen LogP contribution in [0.1, 0.15) is 25.8 Å². The standard InChI is InChI=1S/C14H18O3/c1-4-9-17-13-7-5-12(6-8-13)11(2)10-14(15)16-3/h5-8,10H,4,9H2,1-3H3/b11-10+. The molecule has 3 nitrogen and oxygen atoms in total. The number of esters is 1. The van der Waals surface area contributed by atoms with Crippen LogP contribution in [0.25, 0.3) is 5.57 Å². The highest BCUT2D eigenvalue weighted by Gasteiger charge is 2.00. The Morgan fingerprint density at radius 2 is 1.94 bits per heavy atom. The van der Waals surface area contributed by atoms with Crippen molar-refractivity contribution in [3.05, 3.63) is 35.9 Å². The monoisotopic (exact) mass is 234 g/mol. The van der Waals surface area contributed by atoms with E-state index in [0.29, 0.717) is 0 Å². The quantitative estimate of drug-likeness (QED) is 0.580. The molecule has 0 atom stereocenters. The van der Waals surface area contributed by atoms with Crippen molar-refractivity contribution < 1.29 is 14.3 Å². The molecule has 0 spiro atoms. The molecule has 0 amide bonds. The molecular weight excluding hydrogens is 216 g/mol. The van der Waals surface area contributed by atoms with Crippen LogP contribution in [-0.2, 0) is 9.53 Å². The minimum atomic E-state index is -0.339. The Kier molecular flexibility index (Phi) is 5.27. The summed E-state index contributed by atoms with van der Waals surface area (Å²) in [6.45, 7) is 4.66. The average molecular weight is 234 g/mol. The molecule has 1 rings (SSSR count). The van der Waals surface area contributed by atoms with E-state index in [4.69, 9.17) is 4.74 Å². The van der Waals surface area contributed by atoms with Crippen molar-refractivity contribution >= 4 is 11.5 Å². The van der Waals surface area contributed by atoms with Crippen molar-refractivity contribution in [3.63, 3.8) is 0 Å². The number of carbonyl (C=O) groups excluding carboxylic acids is 1. The number of methoxy groups -OCH3 is 1. The Hall–Kier alpha value is -1.77. The number of carbonyl (C=O) groups is 1. The maximum absolute atomic E-state index is 11.1. The fourth-order valence-corrected chi connectivity index (χ4v) is 1.35. The van der Waals surface area contributed by atoms with Gasteiger partial charge in [0.15, 0.2) is 0 Å². The van der Waals surface area contributed by atoms with Gasteiger partial charge in [0.1, 0.15) is 5.75 Å². The van der Waals surface area contributed by atoms with Gasteiger partial charge in [-0.05, 0) is 36.6 Å². The van der Waals surface area contributed by atoms with Crippen molar-refractivity contribution in [2.75, 3.05) is 13.7 Å². The van der Waals surface area contributed by atoms with Gasteiger partial charge in [-0.3, -0.25) is 0 Å². The first kappa shape index (κ1) is 13.3. The van der Waals surface area contributed by atoms with Crippen LogP contribution in [0, 0.1) is 0 Å². The van der Waals surface area contributed by atoms with Gasteiger partial charge >= 0.3 is 5.97 Å². The van der Waals surface area contributed by atoms with E-state index in [2.05, 4.69) is 11.7 Å². The van der Waals surface area contributed by atoms with E-state index in [9.17, 15) is 4.79 Å². The van der Waals surface area contributed by atoms with Gasteiger partial charge in [0.2, 0.25) is 0 Å². The van der Waals surface area contributed by atoms with Crippen LogP contribution in [0.5, 0.6) is 5.75 Å². The maximum atomic E-state index is 11.1. The van der Waals surface area contributed by atoms with Crippen LogP contribution in [0.15, 0.2) is 30.3 Å². The number of ether oxygens (including phenoxy) is 2. The SMILES string of the molecule is CCCOc1ccc(/C(C)=C/C(=O)OC)cc1. The number of hydrogen-bond donors (Lipinski definition) is 0. The summed E-state index contributed by atoms with van der Waals surface area (Å²) in [4.78, 5) is 11.1. The molecule has 0 radical (unpaired) electrons. The van der Waals surface area contributed by atoms with Gasteiger partial charge in [-0.15, -0.1) is 0 Å². The molecule has 0 aromatic heterocycles. The molecule has 0 unspecified atom stereocenters. The molecule has 0 saturated carbocycles. The van der Waals surface area contributed by atoms with E-state index < -0.39 is 0 Å². The van der Waals surface area contributed by atoms with Gasteiger partial charge in [-0.2, -0.15) is 0 Å². The van der Waals surface area contributed by atoms with E-state index in [1.165, 1.54) is 13.2 Å². The van der Waals surface area contributed by atoms with Gasteiger partial charge < -0.3 is 9.47 Å².